The summed E-state index contributed by atoms with van der Waals surface area (Å²) in [6.07, 6.45) is 1.35. The summed E-state index contributed by atoms with van der Waals surface area (Å²) in [5, 5.41) is 13.2. The van der Waals surface area contributed by atoms with Gasteiger partial charge in [0.2, 0.25) is 0 Å². The molecule has 2 aromatic carbocycles. The van der Waals surface area contributed by atoms with Crippen molar-refractivity contribution in [3.05, 3.63) is 81.0 Å². The summed E-state index contributed by atoms with van der Waals surface area (Å²) in [4.78, 5) is 12.4. The lowest BCUT2D eigenvalue weighted by Crippen LogP contribution is -2.13. The monoisotopic (exact) mass is 416 g/mol. The predicted octanol–water partition coefficient (Wildman–Crippen LogP) is 6.45. The zero-order valence-electron chi connectivity index (χ0n) is 13.7. The van der Waals surface area contributed by atoms with E-state index in [4.69, 9.17) is 39.2 Å². The molecule has 3 rings (SSSR count). The van der Waals surface area contributed by atoms with E-state index in [9.17, 15) is 10.1 Å². The molecule has 1 aromatic heterocycles. The topological polar surface area (TPSA) is 66.0 Å². The van der Waals surface area contributed by atoms with E-state index in [1.807, 2.05) is 18.2 Å². The van der Waals surface area contributed by atoms with Crippen molar-refractivity contribution in [3.8, 4) is 17.4 Å². The lowest BCUT2D eigenvalue weighted by Gasteiger charge is -2.06. The zero-order valence-corrected chi connectivity index (χ0v) is 15.9. The molecule has 0 atom stereocenters. The smallest absolute Gasteiger partial charge is 0.266 e. The molecule has 27 heavy (non-hydrogen) atoms. The second-order valence-corrected chi connectivity index (χ2v) is 6.74. The van der Waals surface area contributed by atoms with Gasteiger partial charge in [0.25, 0.3) is 5.91 Å². The molecule has 0 bridgehead atoms. The molecule has 134 valence electrons. The first kappa shape index (κ1) is 19.1. The van der Waals surface area contributed by atoms with Gasteiger partial charge in [0.05, 0.1) is 10.7 Å². The van der Waals surface area contributed by atoms with E-state index in [0.29, 0.717) is 32.3 Å². The van der Waals surface area contributed by atoms with Crippen LogP contribution in [0.3, 0.4) is 0 Å². The highest BCUT2D eigenvalue weighted by atomic mass is 35.5. The van der Waals surface area contributed by atoms with Crippen LogP contribution >= 0.6 is 34.8 Å². The Bertz CT molecular complexity index is 1060. The summed E-state index contributed by atoms with van der Waals surface area (Å²) in [6.45, 7) is 0. The second kappa shape index (κ2) is 8.32. The third kappa shape index (κ3) is 4.72. The first-order chi connectivity index (χ1) is 13.0. The maximum Gasteiger partial charge on any atom is 0.266 e. The Balaban J connectivity index is 1.82. The predicted molar refractivity (Wildman–Crippen MR) is 108 cm³/mol. The van der Waals surface area contributed by atoms with Gasteiger partial charge in [0, 0.05) is 21.7 Å². The Morgan fingerprint density at radius 2 is 1.70 bits per heavy atom. The number of halogens is 3. The van der Waals surface area contributed by atoms with Gasteiger partial charge in [-0.2, -0.15) is 5.26 Å². The average Bonchev–Trinajstić information content (AvgIpc) is 3.12. The van der Waals surface area contributed by atoms with Crippen molar-refractivity contribution in [2.45, 2.75) is 0 Å². The van der Waals surface area contributed by atoms with Crippen molar-refractivity contribution in [2.24, 2.45) is 0 Å². The van der Waals surface area contributed by atoms with E-state index in [1.54, 1.807) is 36.4 Å². The molecule has 7 heteroatoms. The van der Waals surface area contributed by atoms with Gasteiger partial charge in [0.1, 0.15) is 23.2 Å². The van der Waals surface area contributed by atoms with Gasteiger partial charge >= 0.3 is 0 Å². The highest BCUT2D eigenvalue weighted by molar-refractivity contribution is 6.36. The Kier molecular flexibility index (Phi) is 5.88. The number of nitrogens with one attached hydrogen (secondary N) is 1. The van der Waals surface area contributed by atoms with Crippen LogP contribution in [-0.2, 0) is 4.79 Å². The van der Waals surface area contributed by atoms with Gasteiger partial charge in [-0.05, 0) is 54.6 Å². The molecule has 0 spiro atoms. The van der Waals surface area contributed by atoms with E-state index in [-0.39, 0.29) is 5.57 Å². The zero-order chi connectivity index (χ0) is 19.4. The number of carbonyl (C=O) groups excluding carboxylic acids is 1. The minimum Gasteiger partial charge on any atom is -0.457 e. The average molecular weight is 418 g/mol. The van der Waals surface area contributed by atoms with Crippen LogP contribution in [0.15, 0.2) is 64.6 Å². The molecular formula is C20H11Cl3N2O2. The molecule has 0 unspecified atom stereocenters. The van der Waals surface area contributed by atoms with Crippen LogP contribution in [0.1, 0.15) is 5.76 Å². The van der Waals surface area contributed by atoms with Gasteiger partial charge < -0.3 is 9.73 Å². The van der Waals surface area contributed by atoms with E-state index in [1.165, 1.54) is 12.1 Å². The van der Waals surface area contributed by atoms with Crippen molar-refractivity contribution in [3.63, 3.8) is 0 Å². The van der Waals surface area contributed by atoms with Crippen LogP contribution in [0.25, 0.3) is 17.4 Å². The van der Waals surface area contributed by atoms with Crippen LogP contribution < -0.4 is 5.32 Å². The summed E-state index contributed by atoms with van der Waals surface area (Å²) in [5.74, 6) is 0.337. The molecule has 0 fully saturated rings. The van der Waals surface area contributed by atoms with Gasteiger partial charge in [-0.1, -0.05) is 34.8 Å². The van der Waals surface area contributed by atoms with Crippen LogP contribution in [0.2, 0.25) is 15.1 Å². The fourth-order valence-electron chi connectivity index (χ4n) is 2.27. The standard InChI is InChI=1S/C20H11Cl3N2O2/c21-14-3-1-12(2-4-14)19-8-6-16(27-19)9-13(11-24)20(26)25-18-10-15(22)5-7-17(18)23/h1-10H,(H,25,26)/b13-9-. The summed E-state index contributed by atoms with van der Waals surface area (Å²) in [7, 11) is 0. The Morgan fingerprint density at radius 1 is 1.00 bits per heavy atom. The number of furan rings is 1. The molecule has 0 aliphatic carbocycles. The van der Waals surface area contributed by atoms with Crippen LogP contribution in [0.4, 0.5) is 5.69 Å². The highest BCUT2D eigenvalue weighted by Gasteiger charge is 2.13. The Labute approximate surface area is 170 Å². The SMILES string of the molecule is N#C/C(=C/c1ccc(-c2ccc(Cl)cc2)o1)C(=O)Nc1cc(Cl)ccc1Cl. The number of nitrogens with zero attached hydrogens (tertiary/aromatic N) is 1. The summed E-state index contributed by atoms with van der Waals surface area (Å²) in [6, 6.07) is 17.0. The highest BCUT2D eigenvalue weighted by Crippen LogP contribution is 2.27. The lowest BCUT2D eigenvalue weighted by atomic mass is 10.2. The molecular weight excluding hydrogens is 407 g/mol. The third-order valence-corrected chi connectivity index (χ3v) is 4.40. The minimum atomic E-state index is -0.619. The molecule has 3 aromatic rings. The van der Waals surface area contributed by atoms with Crippen LogP contribution in [0, 0.1) is 11.3 Å². The summed E-state index contributed by atoms with van der Waals surface area (Å²) >= 11 is 17.8. The number of amides is 1. The molecule has 0 saturated heterocycles. The van der Waals surface area contributed by atoms with Crippen molar-refractivity contribution < 1.29 is 9.21 Å². The minimum absolute atomic E-state index is 0.136. The number of carbonyl (C=O) groups is 1. The largest absolute Gasteiger partial charge is 0.457 e. The number of benzene rings is 2. The number of anilines is 1. The van der Waals surface area contributed by atoms with E-state index >= 15 is 0 Å². The summed E-state index contributed by atoms with van der Waals surface area (Å²) in [5.41, 5.74) is 1.01. The molecule has 0 aliphatic heterocycles. The number of nitriles is 1. The fraction of sp³-hybridized carbons (Fsp3) is 0. The van der Waals surface area contributed by atoms with Gasteiger partial charge in [-0.25, -0.2) is 0 Å². The lowest BCUT2D eigenvalue weighted by molar-refractivity contribution is -0.112. The first-order valence-corrected chi connectivity index (χ1v) is 8.83. The molecule has 1 N–H and O–H groups in total. The van der Waals surface area contributed by atoms with Crippen LogP contribution in [0.5, 0.6) is 0 Å². The third-order valence-electron chi connectivity index (χ3n) is 3.58. The Morgan fingerprint density at radius 3 is 2.41 bits per heavy atom. The van der Waals surface area contributed by atoms with Crippen molar-refractivity contribution in [2.75, 3.05) is 5.32 Å². The molecule has 0 saturated carbocycles. The first-order valence-electron chi connectivity index (χ1n) is 7.70. The van der Waals surface area contributed by atoms with Gasteiger partial charge in [-0.3, -0.25) is 4.79 Å². The molecule has 1 heterocycles. The quantitative estimate of drug-likeness (QED) is 0.392. The number of rotatable bonds is 4. The number of hydrogen-bond donors (Lipinski definition) is 1. The van der Waals surface area contributed by atoms with E-state index in [0.717, 1.165) is 5.56 Å². The summed E-state index contributed by atoms with van der Waals surface area (Å²) < 4.78 is 5.69. The Hall–Kier alpha value is -2.71. The van der Waals surface area contributed by atoms with Crippen molar-refractivity contribution >= 4 is 52.5 Å². The van der Waals surface area contributed by atoms with E-state index < -0.39 is 5.91 Å². The second-order valence-electron chi connectivity index (χ2n) is 5.46. The molecule has 1 amide bonds. The van der Waals surface area contributed by atoms with Crippen molar-refractivity contribution in [1.29, 1.82) is 5.26 Å². The molecule has 4 nitrogen and oxygen atoms in total. The number of hydrogen-bond acceptors (Lipinski definition) is 3. The maximum atomic E-state index is 12.4. The van der Waals surface area contributed by atoms with E-state index in [2.05, 4.69) is 5.32 Å². The maximum absolute atomic E-state index is 12.4. The fourth-order valence-corrected chi connectivity index (χ4v) is 2.74. The van der Waals surface area contributed by atoms with Crippen molar-refractivity contribution in [1.82, 2.24) is 0 Å². The molecule has 0 aliphatic rings. The normalized spacial score (nSPS) is 11.1. The van der Waals surface area contributed by atoms with Crippen LogP contribution in [-0.4, -0.2) is 5.91 Å². The van der Waals surface area contributed by atoms with Gasteiger partial charge in [-0.15, -0.1) is 0 Å². The molecule has 0 radical (unpaired) electrons. The van der Waals surface area contributed by atoms with Gasteiger partial charge in [0.15, 0.2) is 0 Å².